The van der Waals surface area contributed by atoms with Crippen molar-refractivity contribution in [2.45, 2.75) is 36.4 Å². The molecule has 2 atom stereocenters. The smallest absolute Gasteiger partial charge is 0.159 e. The number of thioether (sulfide) groups is 2. The molecule has 0 aromatic carbocycles. The SMILES string of the molecule is CS[C@@H]1C2=C(CCCC2)O[C@H]1SC. The molecule has 0 saturated heterocycles. The fourth-order valence-corrected chi connectivity index (χ4v) is 4.23. The predicted octanol–water partition coefficient (Wildman–Crippen LogP) is 3.27. The number of hydrogen-bond acceptors (Lipinski definition) is 3. The first kappa shape index (κ1) is 9.78. The molecule has 0 unspecified atom stereocenters. The zero-order valence-corrected chi connectivity index (χ0v) is 9.84. The highest BCUT2D eigenvalue weighted by atomic mass is 32.2. The summed E-state index contributed by atoms with van der Waals surface area (Å²) in [4.78, 5) is 0. The van der Waals surface area contributed by atoms with Crippen LogP contribution in [0.5, 0.6) is 0 Å². The van der Waals surface area contributed by atoms with E-state index in [9.17, 15) is 0 Å². The number of rotatable bonds is 2. The van der Waals surface area contributed by atoms with Crippen molar-refractivity contribution in [1.29, 1.82) is 0 Å². The highest BCUT2D eigenvalue weighted by Crippen LogP contribution is 2.43. The maximum absolute atomic E-state index is 5.94. The fourth-order valence-electron chi connectivity index (χ4n) is 2.13. The van der Waals surface area contributed by atoms with Crippen LogP contribution in [0.15, 0.2) is 11.3 Å². The van der Waals surface area contributed by atoms with Crippen molar-refractivity contribution < 1.29 is 4.74 Å². The van der Waals surface area contributed by atoms with Gasteiger partial charge in [-0.05, 0) is 37.3 Å². The minimum absolute atomic E-state index is 0.387. The molecule has 1 aliphatic carbocycles. The molecule has 0 bridgehead atoms. The first-order chi connectivity index (χ1) is 6.36. The molecule has 2 aliphatic rings. The second kappa shape index (κ2) is 4.18. The molecule has 0 spiro atoms. The molecule has 74 valence electrons. The van der Waals surface area contributed by atoms with Gasteiger partial charge in [-0.15, -0.1) is 11.8 Å². The molecule has 0 fully saturated rings. The van der Waals surface area contributed by atoms with Crippen molar-refractivity contribution in [2.75, 3.05) is 12.5 Å². The third-order valence-electron chi connectivity index (χ3n) is 2.79. The maximum Gasteiger partial charge on any atom is 0.159 e. The summed E-state index contributed by atoms with van der Waals surface area (Å²) in [6.45, 7) is 0. The van der Waals surface area contributed by atoms with E-state index in [1.54, 1.807) is 5.57 Å². The summed E-state index contributed by atoms with van der Waals surface area (Å²) >= 11 is 3.79. The van der Waals surface area contributed by atoms with E-state index in [2.05, 4.69) is 12.5 Å². The van der Waals surface area contributed by atoms with Gasteiger partial charge in [0, 0.05) is 6.42 Å². The summed E-state index contributed by atoms with van der Waals surface area (Å²) in [7, 11) is 0. The summed E-state index contributed by atoms with van der Waals surface area (Å²) in [6.07, 6.45) is 9.48. The first-order valence-electron chi connectivity index (χ1n) is 4.81. The van der Waals surface area contributed by atoms with Crippen LogP contribution in [-0.4, -0.2) is 23.2 Å². The summed E-state index contributed by atoms with van der Waals surface area (Å²) in [5.74, 6) is 1.32. The number of ether oxygens (including phenoxy) is 1. The summed E-state index contributed by atoms with van der Waals surface area (Å²) in [5, 5.41) is 0.630. The van der Waals surface area contributed by atoms with Gasteiger partial charge >= 0.3 is 0 Å². The van der Waals surface area contributed by atoms with Crippen LogP contribution < -0.4 is 0 Å². The highest BCUT2D eigenvalue weighted by molar-refractivity contribution is 8.03. The minimum Gasteiger partial charge on any atom is -0.483 e. The monoisotopic (exact) mass is 216 g/mol. The standard InChI is InChI=1S/C10H16OS2/c1-12-9-7-5-3-4-6-8(7)11-10(9)13-2/h9-10H,3-6H2,1-2H3/t9-,10+/m1/s1. The molecule has 0 N–H and O–H groups in total. The molecular weight excluding hydrogens is 200 g/mol. The van der Waals surface area contributed by atoms with E-state index in [1.807, 2.05) is 23.5 Å². The molecule has 2 rings (SSSR count). The van der Waals surface area contributed by atoms with Crippen LogP contribution >= 0.6 is 23.5 Å². The Bertz CT molecular complexity index is 225. The average Bonchev–Trinajstić information content (AvgIpc) is 2.55. The van der Waals surface area contributed by atoms with Gasteiger partial charge in [-0.1, -0.05) is 0 Å². The van der Waals surface area contributed by atoms with Gasteiger partial charge in [0.25, 0.3) is 0 Å². The molecule has 3 heteroatoms. The Kier molecular flexibility index (Phi) is 3.14. The topological polar surface area (TPSA) is 9.23 Å². The quantitative estimate of drug-likeness (QED) is 0.701. The Hall–Kier alpha value is 0.240. The fraction of sp³-hybridized carbons (Fsp3) is 0.800. The predicted molar refractivity (Wildman–Crippen MR) is 61.2 cm³/mol. The van der Waals surface area contributed by atoms with Crippen LogP contribution in [0.3, 0.4) is 0 Å². The van der Waals surface area contributed by atoms with Crippen LogP contribution in [0.1, 0.15) is 25.7 Å². The molecule has 0 aromatic heterocycles. The van der Waals surface area contributed by atoms with E-state index in [0.717, 1.165) is 0 Å². The second-order valence-corrected chi connectivity index (χ2v) is 5.45. The van der Waals surface area contributed by atoms with Crippen molar-refractivity contribution in [3.05, 3.63) is 11.3 Å². The molecule has 0 saturated carbocycles. The Morgan fingerprint density at radius 3 is 2.62 bits per heavy atom. The van der Waals surface area contributed by atoms with Crippen molar-refractivity contribution in [2.24, 2.45) is 0 Å². The molecule has 13 heavy (non-hydrogen) atoms. The van der Waals surface area contributed by atoms with E-state index in [4.69, 9.17) is 4.74 Å². The van der Waals surface area contributed by atoms with Crippen LogP contribution in [0.25, 0.3) is 0 Å². The lowest BCUT2D eigenvalue weighted by Crippen LogP contribution is -2.16. The first-order valence-corrected chi connectivity index (χ1v) is 7.38. The largest absolute Gasteiger partial charge is 0.483 e. The van der Waals surface area contributed by atoms with Gasteiger partial charge in [0.2, 0.25) is 0 Å². The maximum atomic E-state index is 5.94. The van der Waals surface area contributed by atoms with Gasteiger partial charge in [-0.25, -0.2) is 0 Å². The van der Waals surface area contributed by atoms with E-state index in [0.29, 0.717) is 10.7 Å². The Balaban J connectivity index is 2.15. The van der Waals surface area contributed by atoms with E-state index in [1.165, 1.54) is 31.4 Å². The molecule has 1 heterocycles. The molecule has 0 aromatic rings. The van der Waals surface area contributed by atoms with Crippen LogP contribution in [-0.2, 0) is 4.74 Å². The number of allylic oxidation sites excluding steroid dienone is 1. The van der Waals surface area contributed by atoms with Crippen molar-refractivity contribution >= 4 is 23.5 Å². The van der Waals surface area contributed by atoms with Gasteiger partial charge in [0.05, 0.1) is 11.0 Å². The van der Waals surface area contributed by atoms with Gasteiger partial charge < -0.3 is 4.74 Å². The lowest BCUT2D eigenvalue weighted by atomic mass is 9.97. The summed E-state index contributed by atoms with van der Waals surface area (Å²) in [5.41, 5.74) is 2.00. The average molecular weight is 216 g/mol. The third kappa shape index (κ3) is 1.73. The highest BCUT2D eigenvalue weighted by Gasteiger charge is 2.36. The van der Waals surface area contributed by atoms with Crippen molar-refractivity contribution in [3.8, 4) is 0 Å². The molecular formula is C10H16OS2. The van der Waals surface area contributed by atoms with Gasteiger partial charge in [-0.2, -0.15) is 11.8 Å². The van der Waals surface area contributed by atoms with Crippen LogP contribution in [0.2, 0.25) is 0 Å². The summed E-state index contributed by atoms with van der Waals surface area (Å²) < 4.78 is 5.94. The van der Waals surface area contributed by atoms with Crippen molar-refractivity contribution in [1.82, 2.24) is 0 Å². The number of hydrogen-bond donors (Lipinski definition) is 0. The lowest BCUT2D eigenvalue weighted by molar-refractivity contribution is 0.207. The van der Waals surface area contributed by atoms with Gasteiger partial charge in [0.15, 0.2) is 5.44 Å². The Labute approximate surface area is 88.7 Å². The van der Waals surface area contributed by atoms with Crippen molar-refractivity contribution in [3.63, 3.8) is 0 Å². The Morgan fingerprint density at radius 2 is 1.92 bits per heavy atom. The van der Waals surface area contributed by atoms with Crippen LogP contribution in [0.4, 0.5) is 0 Å². The zero-order chi connectivity index (χ0) is 9.26. The molecule has 1 nitrogen and oxygen atoms in total. The third-order valence-corrected chi connectivity index (χ3v) is 4.84. The molecule has 0 amide bonds. The van der Waals surface area contributed by atoms with Gasteiger partial charge in [-0.3, -0.25) is 0 Å². The minimum atomic E-state index is 0.387. The molecule has 0 radical (unpaired) electrons. The van der Waals surface area contributed by atoms with E-state index < -0.39 is 0 Å². The Morgan fingerprint density at radius 1 is 1.15 bits per heavy atom. The normalized spacial score (nSPS) is 33.1. The van der Waals surface area contributed by atoms with Gasteiger partial charge in [0.1, 0.15) is 0 Å². The van der Waals surface area contributed by atoms with E-state index in [-0.39, 0.29) is 0 Å². The zero-order valence-electron chi connectivity index (χ0n) is 8.21. The van der Waals surface area contributed by atoms with E-state index >= 15 is 0 Å². The van der Waals surface area contributed by atoms with Crippen LogP contribution in [0, 0.1) is 0 Å². The summed E-state index contributed by atoms with van der Waals surface area (Å²) in [6, 6.07) is 0. The second-order valence-electron chi connectivity index (χ2n) is 3.53. The lowest BCUT2D eigenvalue weighted by Gasteiger charge is -2.16. The molecule has 1 aliphatic heterocycles.